The van der Waals surface area contributed by atoms with Gasteiger partial charge in [-0.3, -0.25) is 0 Å². The van der Waals surface area contributed by atoms with Gasteiger partial charge in [0.1, 0.15) is 0 Å². The summed E-state index contributed by atoms with van der Waals surface area (Å²) in [6.45, 7) is 3.64. The summed E-state index contributed by atoms with van der Waals surface area (Å²) >= 11 is 0. The molecule has 118 valence electrons. The maximum absolute atomic E-state index is 12.0. The molecule has 0 saturated heterocycles. The highest BCUT2D eigenvalue weighted by Gasteiger charge is 2.19. The van der Waals surface area contributed by atoms with Crippen LogP contribution in [0.25, 0.3) is 0 Å². The van der Waals surface area contributed by atoms with Crippen LogP contribution in [0.1, 0.15) is 36.2 Å². The number of aromatic carboxylic acids is 1. The Labute approximate surface area is 124 Å². The van der Waals surface area contributed by atoms with Crippen molar-refractivity contribution < 1.29 is 23.4 Å². The van der Waals surface area contributed by atoms with Gasteiger partial charge in [-0.15, -0.1) is 0 Å². The second-order valence-corrected chi connectivity index (χ2v) is 7.14. The van der Waals surface area contributed by atoms with E-state index < -0.39 is 22.0 Å². The molecule has 3 N–H and O–H groups in total. The lowest BCUT2D eigenvalue weighted by Gasteiger charge is -2.18. The van der Waals surface area contributed by atoms with Gasteiger partial charge in [0.2, 0.25) is 10.0 Å². The summed E-state index contributed by atoms with van der Waals surface area (Å²) in [6.07, 6.45) is 0.549. The Morgan fingerprint density at radius 2 is 1.81 bits per heavy atom. The molecule has 0 spiro atoms. The van der Waals surface area contributed by atoms with E-state index in [1.165, 1.54) is 24.3 Å². The summed E-state index contributed by atoms with van der Waals surface area (Å²) in [5.74, 6) is -1.04. The Hall–Kier alpha value is -1.44. The number of aliphatic hydroxyl groups is 1. The molecular formula is C14H21NO5S. The zero-order chi connectivity index (χ0) is 16.0. The van der Waals surface area contributed by atoms with Crippen molar-refractivity contribution in [3.05, 3.63) is 35.4 Å². The van der Waals surface area contributed by atoms with Crippen LogP contribution in [0.15, 0.2) is 24.3 Å². The van der Waals surface area contributed by atoms with E-state index in [-0.39, 0.29) is 23.8 Å². The SMILES string of the molecule is CC(C)CC(CO)NS(=O)(=O)Cc1ccc(C(=O)O)cc1. The zero-order valence-corrected chi connectivity index (χ0v) is 12.9. The van der Waals surface area contributed by atoms with Crippen molar-refractivity contribution >= 4 is 16.0 Å². The molecule has 0 bridgehead atoms. The van der Waals surface area contributed by atoms with E-state index in [4.69, 9.17) is 5.11 Å². The number of aliphatic hydroxyl groups excluding tert-OH is 1. The van der Waals surface area contributed by atoms with Gasteiger partial charge in [0.15, 0.2) is 0 Å². The topological polar surface area (TPSA) is 104 Å². The van der Waals surface area contributed by atoms with Gasteiger partial charge in [0.05, 0.1) is 17.9 Å². The number of carboxylic acids is 1. The molecule has 1 rings (SSSR count). The first-order chi connectivity index (χ1) is 9.73. The molecule has 0 saturated carbocycles. The van der Waals surface area contributed by atoms with Crippen LogP contribution in [0.5, 0.6) is 0 Å². The zero-order valence-electron chi connectivity index (χ0n) is 12.1. The largest absolute Gasteiger partial charge is 0.478 e. The fourth-order valence-electron chi connectivity index (χ4n) is 1.99. The standard InChI is InChI=1S/C14H21NO5S/c1-10(2)7-13(8-16)15-21(19,20)9-11-3-5-12(6-4-11)14(17)18/h3-6,10,13,15-16H,7-9H2,1-2H3,(H,17,18). The van der Waals surface area contributed by atoms with Crippen LogP contribution < -0.4 is 4.72 Å². The number of nitrogens with one attached hydrogen (secondary N) is 1. The van der Waals surface area contributed by atoms with Crippen LogP contribution in [0.4, 0.5) is 0 Å². The highest BCUT2D eigenvalue weighted by Crippen LogP contribution is 2.10. The highest BCUT2D eigenvalue weighted by molar-refractivity contribution is 7.88. The molecule has 1 atom stereocenters. The first-order valence-electron chi connectivity index (χ1n) is 6.66. The number of hydrogen-bond acceptors (Lipinski definition) is 4. The van der Waals surface area contributed by atoms with Crippen molar-refractivity contribution in [1.29, 1.82) is 0 Å². The van der Waals surface area contributed by atoms with E-state index in [0.717, 1.165) is 0 Å². The molecule has 6 nitrogen and oxygen atoms in total. The highest BCUT2D eigenvalue weighted by atomic mass is 32.2. The van der Waals surface area contributed by atoms with E-state index >= 15 is 0 Å². The van der Waals surface area contributed by atoms with Gasteiger partial charge in [-0.1, -0.05) is 26.0 Å². The van der Waals surface area contributed by atoms with Crippen LogP contribution in [-0.4, -0.2) is 37.2 Å². The van der Waals surface area contributed by atoms with E-state index in [1.807, 2.05) is 13.8 Å². The molecule has 1 aromatic rings. The number of sulfonamides is 1. The van der Waals surface area contributed by atoms with Crippen LogP contribution >= 0.6 is 0 Å². The molecule has 0 heterocycles. The van der Waals surface area contributed by atoms with Crippen molar-refractivity contribution in [3.8, 4) is 0 Å². The van der Waals surface area contributed by atoms with Gasteiger partial charge in [0, 0.05) is 6.04 Å². The molecule has 0 radical (unpaired) electrons. The first-order valence-corrected chi connectivity index (χ1v) is 8.32. The van der Waals surface area contributed by atoms with Gasteiger partial charge >= 0.3 is 5.97 Å². The number of carboxylic acid groups (broad SMARTS) is 1. The Kier molecular flexibility index (Phi) is 6.32. The Bertz CT molecular complexity index is 566. The molecule has 0 fully saturated rings. The van der Waals surface area contributed by atoms with Gasteiger partial charge in [-0.05, 0) is 30.0 Å². The Morgan fingerprint density at radius 3 is 2.24 bits per heavy atom. The van der Waals surface area contributed by atoms with E-state index in [2.05, 4.69) is 4.72 Å². The maximum Gasteiger partial charge on any atom is 0.335 e. The van der Waals surface area contributed by atoms with E-state index in [0.29, 0.717) is 12.0 Å². The fraction of sp³-hybridized carbons (Fsp3) is 0.500. The smallest absolute Gasteiger partial charge is 0.335 e. The monoisotopic (exact) mass is 315 g/mol. The second-order valence-electron chi connectivity index (χ2n) is 5.39. The number of hydrogen-bond donors (Lipinski definition) is 3. The molecule has 0 aliphatic carbocycles. The fourth-order valence-corrected chi connectivity index (χ4v) is 3.38. The third-order valence-corrected chi connectivity index (χ3v) is 4.29. The maximum atomic E-state index is 12.0. The first kappa shape index (κ1) is 17.6. The molecule has 0 aliphatic heterocycles. The average Bonchev–Trinajstić information content (AvgIpc) is 2.37. The molecule has 7 heteroatoms. The molecular weight excluding hydrogens is 294 g/mol. The Balaban J connectivity index is 2.73. The minimum atomic E-state index is -3.58. The average molecular weight is 315 g/mol. The molecule has 0 aliphatic rings. The lowest BCUT2D eigenvalue weighted by atomic mass is 10.1. The molecule has 0 aromatic heterocycles. The van der Waals surface area contributed by atoms with Crippen molar-refractivity contribution in [2.45, 2.75) is 32.1 Å². The predicted octanol–water partition coefficient (Wildman–Crippen LogP) is 1.21. The van der Waals surface area contributed by atoms with Crippen molar-refractivity contribution in [3.63, 3.8) is 0 Å². The summed E-state index contributed by atoms with van der Waals surface area (Å²) in [7, 11) is -3.58. The predicted molar refractivity (Wildman–Crippen MR) is 79.5 cm³/mol. The van der Waals surface area contributed by atoms with Gasteiger partial charge in [-0.2, -0.15) is 0 Å². The molecule has 21 heavy (non-hydrogen) atoms. The van der Waals surface area contributed by atoms with E-state index in [9.17, 15) is 18.3 Å². The lowest BCUT2D eigenvalue weighted by Crippen LogP contribution is -2.39. The van der Waals surface area contributed by atoms with Crippen LogP contribution in [0.2, 0.25) is 0 Å². The number of carbonyl (C=O) groups is 1. The van der Waals surface area contributed by atoms with Gasteiger partial charge in [0.25, 0.3) is 0 Å². The quantitative estimate of drug-likeness (QED) is 0.669. The van der Waals surface area contributed by atoms with Crippen molar-refractivity contribution in [1.82, 2.24) is 4.72 Å². The summed E-state index contributed by atoms with van der Waals surface area (Å²) in [5.41, 5.74) is 0.603. The molecule has 1 unspecified atom stereocenters. The van der Waals surface area contributed by atoms with Gasteiger partial charge < -0.3 is 10.2 Å². The van der Waals surface area contributed by atoms with Crippen LogP contribution in [-0.2, 0) is 15.8 Å². The summed E-state index contributed by atoms with van der Waals surface area (Å²) in [5, 5.41) is 18.0. The van der Waals surface area contributed by atoms with E-state index in [1.54, 1.807) is 0 Å². The summed E-state index contributed by atoms with van der Waals surface area (Å²) in [4.78, 5) is 10.7. The summed E-state index contributed by atoms with van der Waals surface area (Å²) in [6, 6.07) is 5.17. The molecule has 1 aromatic carbocycles. The third-order valence-electron chi connectivity index (χ3n) is 2.88. The second kappa shape index (κ2) is 7.53. The lowest BCUT2D eigenvalue weighted by molar-refractivity contribution is 0.0697. The van der Waals surface area contributed by atoms with Gasteiger partial charge in [-0.25, -0.2) is 17.9 Å². The van der Waals surface area contributed by atoms with Crippen molar-refractivity contribution in [2.24, 2.45) is 5.92 Å². The minimum absolute atomic E-state index is 0.108. The molecule has 0 amide bonds. The minimum Gasteiger partial charge on any atom is -0.478 e. The number of rotatable bonds is 8. The normalized spacial score (nSPS) is 13.3. The third kappa shape index (κ3) is 6.24. The Morgan fingerprint density at radius 1 is 1.24 bits per heavy atom. The van der Waals surface area contributed by atoms with Crippen molar-refractivity contribution in [2.75, 3.05) is 6.61 Å². The van der Waals surface area contributed by atoms with Crippen LogP contribution in [0, 0.1) is 5.92 Å². The van der Waals surface area contributed by atoms with Crippen LogP contribution in [0.3, 0.4) is 0 Å². The number of benzene rings is 1. The summed E-state index contributed by atoms with van der Waals surface area (Å²) < 4.78 is 26.5.